The molecule has 9 nitrogen and oxygen atoms in total. The number of halogens is 2. The third-order valence-electron chi connectivity index (χ3n) is 5.45. The standard InChI is InChI=1S/C22H24ClFN6O3/c1-3-4-9-29-19-18(26-21(23)27-19)20(31)30(22(29)32)10-5-6-16-25-17(33-28-16)12-14-8-7-13(2)15(24)11-14/h7-8,11H,3-6,9-10,12H2,1-2H3,(H,26,27). The van der Waals surface area contributed by atoms with E-state index < -0.39 is 11.2 Å². The third kappa shape index (κ3) is 4.90. The van der Waals surface area contributed by atoms with E-state index in [0.29, 0.717) is 43.1 Å². The van der Waals surface area contributed by atoms with Crippen LogP contribution in [-0.2, 0) is 25.9 Å². The summed E-state index contributed by atoms with van der Waals surface area (Å²) in [6, 6.07) is 4.97. The molecule has 0 aliphatic rings. The number of benzene rings is 1. The van der Waals surface area contributed by atoms with E-state index in [1.54, 1.807) is 13.0 Å². The molecule has 174 valence electrons. The van der Waals surface area contributed by atoms with Crippen molar-refractivity contribution in [1.82, 2.24) is 29.2 Å². The number of hydrogen-bond donors (Lipinski definition) is 1. The van der Waals surface area contributed by atoms with E-state index in [1.165, 1.54) is 15.2 Å². The summed E-state index contributed by atoms with van der Waals surface area (Å²) in [7, 11) is 0. The van der Waals surface area contributed by atoms with Gasteiger partial charge in [0.25, 0.3) is 5.56 Å². The molecule has 0 unspecified atom stereocenters. The zero-order valence-electron chi connectivity index (χ0n) is 18.4. The summed E-state index contributed by atoms with van der Waals surface area (Å²) in [5, 5.41) is 4.02. The molecule has 0 saturated carbocycles. The Morgan fingerprint density at radius 1 is 1.15 bits per heavy atom. The molecular weight excluding hydrogens is 451 g/mol. The molecule has 4 rings (SSSR count). The van der Waals surface area contributed by atoms with Gasteiger partial charge in [0.2, 0.25) is 11.2 Å². The fraction of sp³-hybridized carbons (Fsp3) is 0.409. The Labute approximate surface area is 193 Å². The number of aryl methyl sites for hydroxylation is 3. The lowest BCUT2D eigenvalue weighted by Crippen LogP contribution is -2.40. The quantitative estimate of drug-likeness (QED) is 0.372. The minimum atomic E-state index is -0.461. The van der Waals surface area contributed by atoms with E-state index in [2.05, 4.69) is 20.1 Å². The van der Waals surface area contributed by atoms with Crippen LogP contribution in [0.1, 0.15) is 49.0 Å². The SMILES string of the molecule is CCCCn1c(=O)n(CCCc2noc(Cc3ccc(C)c(F)c3)n2)c(=O)c2[nH]c(Cl)nc21. The summed E-state index contributed by atoms with van der Waals surface area (Å²) in [6.45, 7) is 4.35. The summed E-state index contributed by atoms with van der Waals surface area (Å²) in [5.74, 6) is 0.557. The highest BCUT2D eigenvalue weighted by molar-refractivity contribution is 6.28. The van der Waals surface area contributed by atoms with E-state index in [0.717, 1.165) is 18.4 Å². The number of imidazole rings is 1. The first-order chi connectivity index (χ1) is 15.9. The van der Waals surface area contributed by atoms with E-state index in [9.17, 15) is 14.0 Å². The van der Waals surface area contributed by atoms with Gasteiger partial charge in [0, 0.05) is 19.5 Å². The molecule has 3 aromatic heterocycles. The molecule has 0 aliphatic heterocycles. The molecule has 0 fully saturated rings. The number of unbranched alkanes of at least 4 members (excludes halogenated alkanes) is 1. The van der Waals surface area contributed by atoms with Crippen molar-refractivity contribution in [2.24, 2.45) is 0 Å². The minimum absolute atomic E-state index is 0.0669. The van der Waals surface area contributed by atoms with Crippen LogP contribution in [0.25, 0.3) is 11.2 Å². The van der Waals surface area contributed by atoms with Crippen LogP contribution < -0.4 is 11.2 Å². The normalized spacial score (nSPS) is 11.5. The highest BCUT2D eigenvalue weighted by Crippen LogP contribution is 2.14. The van der Waals surface area contributed by atoms with Crippen molar-refractivity contribution in [2.75, 3.05) is 0 Å². The van der Waals surface area contributed by atoms with E-state index in [-0.39, 0.29) is 28.8 Å². The maximum absolute atomic E-state index is 13.7. The van der Waals surface area contributed by atoms with E-state index in [1.807, 2.05) is 13.0 Å². The van der Waals surface area contributed by atoms with Gasteiger partial charge in [-0.3, -0.25) is 13.9 Å². The van der Waals surface area contributed by atoms with Gasteiger partial charge in [-0.2, -0.15) is 9.97 Å². The van der Waals surface area contributed by atoms with Gasteiger partial charge in [-0.15, -0.1) is 0 Å². The first-order valence-electron chi connectivity index (χ1n) is 10.8. The average Bonchev–Trinajstić information content (AvgIpc) is 3.39. The predicted octanol–water partition coefficient (Wildman–Crippen LogP) is 3.39. The maximum atomic E-state index is 13.7. The van der Waals surface area contributed by atoms with Gasteiger partial charge in [0.05, 0.1) is 6.42 Å². The Bertz CT molecular complexity index is 1400. The van der Waals surface area contributed by atoms with Gasteiger partial charge in [-0.05, 0) is 48.6 Å². The molecule has 33 heavy (non-hydrogen) atoms. The Morgan fingerprint density at radius 3 is 2.70 bits per heavy atom. The Kier molecular flexibility index (Phi) is 6.73. The summed E-state index contributed by atoms with van der Waals surface area (Å²) in [5.41, 5.74) is 0.915. The first-order valence-corrected chi connectivity index (χ1v) is 11.2. The Morgan fingerprint density at radius 2 is 1.94 bits per heavy atom. The monoisotopic (exact) mass is 474 g/mol. The van der Waals surface area contributed by atoms with Gasteiger partial charge in [-0.1, -0.05) is 30.6 Å². The summed E-state index contributed by atoms with van der Waals surface area (Å²) in [6.07, 6.45) is 2.85. The molecule has 4 aromatic rings. The predicted molar refractivity (Wildman–Crippen MR) is 121 cm³/mol. The topological polar surface area (TPSA) is 112 Å². The van der Waals surface area contributed by atoms with Crippen LogP contribution in [0.5, 0.6) is 0 Å². The lowest BCUT2D eigenvalue weighted by Gasteiger charge is -2.10. The van der Waals surface area contributed by atoms with E-state index >= 15 is 0 Å². The van der Waals surface area contributed by atoms with Gasteiger partial charge >= 0.3 is 5.69 Å². The van der Waals surface area contributed by atoms with Gasteiger partial charge in [0.15, 0.2) is 17.0 Å². The van der Waals surface area contributed by atoms with Crippen molar-refractivity contribution in [1.29, 1.82) is 0 Å². The molecule has 0 aliphatic carbocycles. The number of aromatic nitrogens is 6. The van der Waals surface area contributed by atoms with Crippen molar-refractivity contribution in [3.05, 3.63) is 73.0 Å². The molecule has 1 aromatic carbocycles. The van der Waals surface area contributed by atoms with Crippen LogP contribution in [0.3, 0.4) is 0 Å². The number of H-pyrrole nitrogens is 1. The number of aromatic amines is 1. The molecule has 11 heteroatoms. The first kappa shape index (κ1) is 22.9. The number of rotatable bonds is 9. The average molecular weight is 475 g/mol. The second kappa shape index (κ2) is 9.70. The van der Waals surface area contributed by atoms with Crippen LogP contribution in [0.15, 0.2) is 32.3 Å². The maximum Gasteiger partial charge on any atom is 0.332 e. The van der Waals surface area contributed by atoms with Crippen molar-refractivity contribution in [3.63, 3.8) is 0 Å². The van der Waals surface area contributed by atoms with Crippen molar-refractivity contribution in [3.8, 4) is 0 Å². The highest BCUT2D eigenvalue weighted by Gasteiger charge is 2.17. The molecule has 1 N–H and O–H groups in total. The molecule has 0 bridgehead atoms. The van der Waals surface area contributed by atoms with Crippen LogP contribution in [0.4, 0.5) is 4.39 Å². The van der Waals surface area contributed by atoms with Crippen molar-refractivity contribution < 1.29 is 8.91 Å². The molecule has 3 heterocycles. The van der Waals surface area contributed by atoms with Gasteiger partial charge in [0.1, 0.15) is 5.82 Å². The smallest absolute Gasteiger partial charge is 0.332 e. The van der Waals surface area contributed by atoms with Crippen LogP contribution >= 0.6 is 11.6 Å². The number of nitrogens with one attached hydrogen (secondary N) is 1. The molecule has 0 radical (unpaired) electrons. The number of hydrogen-bond acceptors (Lipinski definition) is 6. The lowest BCUT2D eigenvalue weighted by molar-refractivity contribution is 0.378. The van der Waals surface area contributed by atoms with Crippen LogP contribution in [0.2, 0.25) is 5.28 Å². The van der Waals surface area contributed by atoms with Crippen molar-refractivity contribution in [2.45, 2.75) is 59.0 Å². The second-order valence-electron chi connectivity index (χ2n) is 7.94. The largest absolute Gasteiger partial charge is 0.339 e. The minimum Gasteiger partial charge on any atom is -0.339 e. The van der Waals surface area contributed by atoms with Gasteiger partial charge < -0.3 is 9.51 Å². The summed E-state index contributed by atoms with van der Waals surface area (Å²) in [4.78, 5) is 37.0. The molecule has 0 atom stereocenters. The second-order valence-corrected chi connectivity index (χ2v) is 8.30. The summed E-state index contributed by atoms with van der Waals surface area (Å²) >= 11 is 5.95. The third-order valence-corrected chi connectivity index (χ3v) is 5.63. The lowest BCUT2D eigenvalue weighted by atomic mass is 10.1. The fourth-order valence-electron chi connectivity index (χ4n) is 3.63. The van der Waals surface area contributed by atoms with E-state index in [4.69, 9.17) is 16.1 Å². The molecular formula is C22H24ClFN6O3. The fourth-order valence-corrected chi connectivity index (χ4v) is 3.81. The van der Waals surface area contributed by atoms with Crippen molar-refractivity contribution >= 4 is 22.8 Å². The molecule has 0 amide bonds. The van der Waals surface area contributed by atoms with Crippen LogP contribution in [0, 0.1) is 12.7 Å². The Hall–Kier alpha value is -3.27. The molecule has 0 spiro atoms. The zero-order chi connectivity index (χ0) is 23.5. The zero-order valence-corrected chi connectivity index (χ0v) is 19.2. The van der Waals surface area contributed by atoms with Crippen LogP contribution in [-0.4, -0.2) is 29.2 Å². The summed E-state index contributed by atoms with van der Waals surface area (Å²) < 4.78 is 21.7. The van der Waals surface area contributed by atoms with Gasteiger partial charge in [-0.25, -0.2) is 9.18 Å². The number of nitrogens with zero attached hydrogens (tertiary/aromatic N) is 5. The molecule has 0 saturated heterocycles. The highest BCUT2D eigenvalue weighted by atomic mass is 35.5. The Balaban J connectivity index is 1.47. The number of fused-ring (bicyclic) bond motifs is 1.